The Labute approximate surface area is 600 Å². The van der Waals surface area contributed by atoms with E-state index in [0.29, 0.717) is 25.7 Å². The van der Waals surface area contributed by atoms with Crippen molar-refractivity contribution < 1.29 is 75.8 Å². The number of aliphatic hydroxyl groups is 2. The van der Waals surface area contributed by atoms with E-state index in [4.69, 9.17) is 32.3 Å². The van der Waals surface area contributed by atoms with E-state index >= 15 is 0 Å². The van der Waals surface area contributed by atoms with Gasteiger partial charge >= 0.3 is 33.6 Å². The van der Waals surface area contributed by atoms with Gasteiger partial charge in [0.05, 0.1) is 26.4 Å². The average molecular weight is 1430 g/mol. The summed E-state index contributed by atoms with van der Waals surface area (Å²) in [5.41, 5.74) is 0. The molecular weight excluding hydrogens is 1290 g/mol. The molecule has 0 spiro atoms. The number of allylic oxidation sites excluding steroid dienone is 24. The van der Waals surface area contributed by atoms with Crippen LogP contribution in [0.25, 0.3) is 0 Å². The zero-order chi connectivity index (χ0) is 72.3. The molecular formula is C81H136O16P2. The molecule has 0 rings (SSSR count). The van der Waals surface area contributed by atoms with Gasteiger partial charge in [-0.25, -0.2) is 9.13 Å². The van der Waals surface area contributed by atoms with Crippen molar-refractivity contribution in [3.8, 4) is 0 Å². The summed E-state index contributed by atoms with van der Waals surface area (Å²) in [7, 11) is -9.80. The Bertz CT molecular complexity index is 2380. The molecule has 16 nitrogen and oxygen atoms in total. The number of phosphoric ester groups is 2. The maximum Gasteiger partial charge on any atom is 0.472 e. The highest BCUT2D eigenvalue weighted by molar-refractivity contribution is 7.47. The summed E-state index contributed by atoms with van der Waals surface area (Å²) in [5.74, 6) is -1.67. The Kier molecular flexibility index (Phi) is 69.8. The third kappa shape index (κ3) is 74.4. The number of carbonyl (C=O) groups excluding carboxylic acids is 3. The van der Waals surface area contributed by atoms with E-state index in [0.717, 1.165) is 122 Å². The number of aliphatic hydroxyl groups excluding tert-OH is 2. The highest BCUT2D eigenvalue weighted by Gasteiger charge is 2.29. The van der Waals surface area contributed by atoms with Gasteiger partial charge in [0.2, 0.25) is 0 Å². The first kappa shape index (κ1) is 94.4. The normalized spacial score (nSPS) is 14.9. The zero-order valence-corrected chi connectivity index (χ0v) is 63.4. The van der Waals surface area contributed by atoms with Crippen LogP contribution in [0.4, 0.5) is 0 Å². The standard InChI is InChI=1S/C81H136O16P2/c1-4-7-10-13-16-19-22-24-26-28-30-31-32-33-34-35-36-37-38-39-40-41-42-43-45-47-48-50-53-55-58-61-64-67-79(84)91-70-76(82)71-93-98(87,88)94-72-77(83)73-95-99(89,90)96-75-78(97-81(86)69-66-63-60-57-52-21-18-15-12-9-6-3)74-92-80(85)68-65-62-59-56-54-51-49-46-44-29-27-25-23-20-17-14-11-8-5-2/h7-8,10-11,16-17,19-20,24-27,30-31,33-34,36-37,44,46,51,54,59,62,76-78,82-83H,4-6,9,12-15,18,21-23,28-29,32,35,38-43,45,47-50,52-53,55-58,60-61,63-75H2,1-3H3,(H,87,88)(H,89,90)/b10-7-,11-8-,19-16-,20-17-,26-24-,27-25-,31-30-,34-33-,37-36-,46-44-,54-51-,62-59-. The van der Waals surface area contributed by atoms with Crippen LogP contribution in [0.3, 0.4) is 0 Å². The van der Waals surface area contributed by atoms with Crippen LogP contribution in [0, 0.1) is 0 Å². The van der Waals surface area contributed by atoms with Gasteiger partial charge in [-0.05, 0) is 109 Å². The number of rotatable bonds is 71. The number of phosphoric acid groups is 2. The first-order valence-corrected chi connectivity index (χ1v) is 41.1. The van der Waals surface area contributed by atoms with Crippen LogP contribution < -0.4 is 0 Å². The third-order valence-corrected chi connectivity index (χ3v) is 17.5. The Morgan fingerprint density at radius 1 is 0.293 bits per heavy atom. The lowest BCUT2D eigenvalue weighted by atomic mass is 10.0. The van der Waals surface area contributed by atoms with Crippen LogP contribution >= 0.6 is 15.6 Å². The molecule has 0 fully saturated rings. The van der Waals surface area contributed by atoms with Crippen LogP contribution in [-0.2, 0) is 55.8 Å². The van der Waals surface area contributed by atoms with Gasteiger partial charge in [-0.1, -0.05) is 308 Å². The molecule has 0 bridgehead atoms. The number of hydrogen-bond donors (Lipinski definition) is 4. The summed E-state index contributed by atoms with van der Waals surface area (Å²) >= 11 is 0. The Hall–Kier alpha value is -4.57. The number of ether oxygens (including phenoxy) is 3. The van der Waals surface area contributed by atoms with E-state index in [-0.39, 0.29) is 19.3 Å². The lowest BCUT2D eigenvalue weighted by Gasteiger charge is -2.21. The van der Waals surface area contributed by atoms with Gasteiger partial charge in [0.25, 0.3) is 0 Å². The molecule has 99 heavy (non-hydrogen) atoms. The van der Waals surface area contributed by atoms with E-state index in [1.54, 1.807) is 0 Å². The smallest absolute Gasteiger partial charge is 0.463 e. The number of carbonyl (C=O) groups is 3. The van der Waals surface area contributed by atoms with Crippen LogP contribution in [0.5, 0.6) is 0 Å². The third-order valence-electron chi connectivity index (χ3n) is 15.6. The van der Waals surface area contributed by atoms with Crippen molar-refractivity contribution in [2.24, 2.45) is 0 Å². The quantitative estimate of drug-likeness (QED) is 0.0146. The highest BCUT2D eigenvalue weighted by Crippen LogP contribution is 2.45. The fourth-order valence-corrected chi connectivity index (χ4v) is 11.4. The second kappa shape index (κ2) is 73.2. The first-order valence-electron chi connectivity index (χ1n) is 38.1. The fourth-order valence-electron chi connectivity index (χ4n) is 9.84. The van der Waals surface area contributed by atoms with Gasteiger partial charge in [-0.15, -0.1) is 0 Å². The molecule has 0 radical (unpaired) electrons. The second-order valence-corrected chi connectivity index (χ2v) is 28.0. The SMILES string of the molecule is CC/C=C\C/C=C\C/C=C\C/C=C\C/C=C\C/C=C\CCCCCCCCCCCCCCCCC(=O)OCC(O)COP(=O)(O)OCC(O)COP(=O)(O)OCC(COC(=O)CC/C=C\C/C=C\C/C=C\C/C=C\C/C=C\C/C=C\CC)OC(=O)CCCCCCCCCCCCC. The van der Waals surface area contributed by atoms with E-state index in [9.17, 15) is 43.5 Å². The van der Waals surface area contributed by atoms with Crippen molar-refractivity contribution in [1.29, 1.82) is 0 Å². The minimum absolute atomic E-state index is 0.0442. The summed E-state index contributed by atoms with van der Waals surface area (Å²) in [6.07, 6.45) is 89.4. The molecule has 0 aliphatic carbocycles. The Morgan fingerprint density at radius 2 is 0.556 bits per heavy atom. The largest absolute Gasteiger partial charge is 0.472 e. The first-order chi connectivity index (χ1) is 48.2. The molecule has 566 valence electrons. The van der Waals surface area contributed by atoms with Crippen molar-refractivity contribution in [3.63, 3.8) is 0 Å². The predicted octanol–water partition coefficient (Wildman–Crippen LogP) is 22.1. The lowest BCUT2D eigenvalue weighted by Crippen LogP contribution is -2.30. The molecule has 0 aromatic heterocycles. The molecule has 5 atom stereocenters. The number of esters is 3. The predicted molar refractivity (Wildman–Crippen MR) is 408 cm³/mol. The van der Waals surface area contributed by atoms with E-state index in [2.05, 4.69) is 148 Å². The molecule has 5 unspecified atom stereocenters. The Balaban J connectivity index is 4.42. The molecule has 0 aliphatic rings. The van der Waals surface area contributed by atoms with Crippen LogP contribution in [0.2, 0.25) is 0 Å². The lowest BCUT2D eigenvalue weighted by molar-refractivity contribution is -0.161. The van der Waals surface area contributed by atoms with Gasteiger partial charge in [0, 0.05) is 19.3 Å². The molecule has 0 aliphatic heterocycles. The molecule has 0 amide bonds. The van der Waals surface area contributed by atoms with Crippen molar-refractivity contribution in [2.75, 3.05) is 39.6 Å². The van der Waals surface area contributed by atoms with Crippen molar-refractivity contribution in [2.45, 2.75) is 309 Å². The molecule has 0 aromatic carbocycles. The van der Waals surface area contributed by atoms with Crippen molar-refractivity contribution in [3.05, 3.63) is 146 Å². The summed E-state index contributed by atoms with van der Waals surface area (Å²) in [5, 5.41) is 20.6. The van der Waals surface area contributed by atoms with Gasteiger partial charge in [-0.3, -0.25) is 32.5 Å². The minimum atomic E-state index is -4.94. The second-order valence-electron chi connectivity index (χ2n) is 25.0. The van der Waals surface area contributed by atoms with E-state index in [1.807, 2.05) is 18.2 Å². The van der Waals surface area contributed by atoms with Gasteiger partial charge in [0.1, 0.15) is 25.4 Å². The number of unbranched alkanes of at least 4 members (excludes halogenated alkanes) is 24. The summed E-state index contributed by atoms with van der Waals surface area (Å²) < 4.78 is 60.9. The van der Waals surface area contributed by atoms with Crippen molar-refractivity contribution >= 4 is 33.6 Å². The molecule has 0 heterocycles. The van der Waals surface area contributed by atoms with Gasteiger partial charge in [0.15, 0.2) is 6.10 Å². The van der Waals surface area contributed by atoms with Crippen LogP contribution in [0.15, 0.2) is 146 Å². The zero-order valence-electron chi connectivity index (χ0n) is 61.6. The molecule has 18 heteroatoms. The van der Waals surface area contributed by atoms with E-state index in [1.165, 1.54) is 103 Å². The maximum atomic E-state index is 12.9. The monoisotopic (exact) mass is 1430 g/mol. The van der Waals surface area contributed by atoms with Gasteiger partial charge < -0.3 is 34.2 Å². The molecule has 0 saturated carbocycles. The highest BCUT2D eigenvalue weighted by atomic mass is 31.2. The van der Waals surface area contributed by atoms with Gasteiger partial charge in [-0.2, -0.15) is 0 Å². The fraction of sp³-hybridized carbons (Fsp3) is 0.667. The molecule has 0 saturated heterocycles. The molecule has 0 aromatic rings. The topological polar surface area (TPSA) is 231 Å². The molecule has 4 N–H and O–H groups in total. The minimum Gasteiger partial charge on any atom is -0.463 e. The summed E-state index contributed by atoms with van der Waals surface area (Å²) in [4.78, 5) is 58.4. The number of hydrogen-bond acceptors (Lipinski definition) is 14. The van der Waals surface area contributed by atoms with Crippen LogP contribution in [-0.4, -0.2) is 95.9 Å². The maximum absolute atomic E-state index is 12.9. The summed E-state index contributed by atoms with van der Waals surface area (Å²) in [6.45, 7) is 2.34. The average Bonchev–Trinajstić information content (AvgIpc) is 1.28. The van der Waals surface area contributed by atoms with Crippen molar-refractivity contribution in [1.82, 2.24) is 0 Å². The van der Waals surface area contributed by atoms with Crippen LogP contribution in [0.1, 0.15) is 290 Å². The summed E-state index contributed by atoms with van der Waals surface area (Å²) in [6, 6.07) is 0. The van der Waals surface area contributed by atoms with E-state index < -0.39 is 91.5 Å². The Morgan fingerprint density at radius 3 is 0.909 bits per heavy atom.